The third-order valence-electron chi connectivity index (χ3n) is 2.38. The van der Waals surface area contributed by atoms with E-state index in [2.05, 4.69) is 9.58 Å². The number of nitrogens with zero attached hydrogens (tertiary/aromatic N) is 1. The first kappa shape index (κ1) is 10.4. The Kier molecular flexibility index (Phi) is 4.10. The van der Waals surface area contributed by atoms with Gasteiger partial charge >= 0.3 is 6.61 Å². The van der Waals surface area contributed by atoms with Gasteiger partial charge < -0.3 is 9.58 Å². The van der Waals surface area contributed by atoms with Crippen molar-refractivity contribution in [3.05, 3.63) is 11.4 Å². The molecule has 0 aromatic heterocycles. The summed E-state index contributed by atoms with van der Waals surface area (Å²) in [7, 11) is 0. The average molecular weight is 189 g/mol. The molecular weight excluding hydrogens is 176 g/mol. The Bertz CT molecular complexity index is 191. The minimum absolute atomic E-state index is 0.259. The molecule has 2 unspecified atom stereocenters. The molecule has 1 fully saturated rings. The molecule has 4 heteroatoms. The van der Waals surface area contributed by atoms with Crippen LogP contribution >= 0.6 is 0 Å². The minimum atomic E-state index is -2.67. The van der Waals surface area contributed by atoms with Gasteiger partial charge in [-0.3, -0.25) is 0 Å². The molecule has 1 saturated carbocycles. The lowest BCUT2D eigenvalue weighted by Crippen LogP contribution is -2.25. The van der Waals surface area contributed by atoms with Gasteiger partial charge in [0.25, 0.3) is 0 Å². The highest BCUT2D eigenvalue weighted by Crippen LogP contribution is 2.27. The molecule has 0 radical (unpaired) electrons. The largest absolute Gasteiger partial charge is 0.345 e. The van der Waals surface area contributed by atoms with Crippen LogP contribution in [0.1, 0.15) is 25.7 Å². The number of rotatable bonds is 3. The molecule has 2 atom stereocenters. The lowest BCUT2D eigenvalue weighted by molar-refractivity contribution is -0.172. The monoisotopic (exact) mass is 189 g/mol. The molecule has 0 heterocycles. The highest BCUT2D eigenvalue weighted by molar-refractivity contribution is 4.78. The number of alkyl halides is 2. The quantitative estimate of drug-likeness (QED) is 0.622. The van der Waals surface area contributed by atoms with Crippen LogP contribution < -0.4 is 0 Å². The van der Waals surface area contributed by atoms with Crippen LogP contribution in [0.3, 0.4) is 0 Å². The smallest absolute Gasteiger partial charge is 0.320 e. The van der Waals surface area contributed by atoms with Gasteiger partial charge in [-0.1, -0.05) is 6.42 Å². The molecule has 13 heavy (non-hydrogen) atoms. The Labute approximate surface area is 76.7 Å². The van der Waals surface area contributed by atoms with Crippen molar-refractivity contribution in [2.24, 2.45) is 5.92 Å². The molecule has 0 saturated heterocycles. The molecule has 0 aliphatic heterocycles. The Hall–Kier alpha value is -0.690. The zero-order valence-electron chi connectivity index (χ0n) is 7.38. The maximum absolute atomic E-state index is 11.8. The van der Waals surface area contributed by atoms with Crippen LogP contribution in [-0.4, -0.2) is 19.3 Å². The Morgan fingerprint density at radius 3 is 2.85 bits per heavy atom. The lowest BCUT2D eigenvalue weighted by Gasteiger charge is -2.25. The van der Waals surface area contributed by atoms with Crippen molar-refractivity contribution < 1.29 is 13.5 Å². The number of hydrogen-bond donors (Lipinski definition) is 0. The lowest BCUT2D eigenvalue weighted by atomic mass is 9.87. The van der Waals surface area contributed by atoms with Crippen molar-refractivity contribution >= 4 is 0 Å². The van der Waals surface area contributed by atoms with E-state index in [-0.39, 0.29) is 12.0 Å². The summed E-state index contributed by atoms with van der Waals surface area (Å²) < 4.78 is 28.1. The van der Waals surface area contributed by atoms with Gasteiger partial charge in [-0.2, -0.15) is 8.78 Å². The van der Waals surface area contributed by atoms with E-state index in [1.54, 1.807) is 0 Å². The predicted molar refractivity (Wildman–Crippen MR) is 44.3 cm³/mol. The molecule has 0 amide bonds. The molecule has 1 rings (SSSR count). The number of halogens is 2. The van der Waals surface area contributed by atoms with Crippen LogP contribution in [0.2, 0.25) is 0 Å². The molecule has 1 aliphatic rings. The Morgan fingerprint density at radius 1 is 1.46 bits per heavy atom. The first-order chi connectivity index (χ1) is 6.22. The van der Waals surface area contributed by atoms with E-state index in [0.29, 0.717) is 19.4 Å². The summed E-state index contributed by atoms with van der Waals surface area (Å²) in [4.78, 5) is 3.28. The van der Waals surface area contributed by atoms with Crippen LogP contribution in [0.15, 0.2) is 0 Å². The van der Waals surface area contributed by atoms with Crippen LogP contribution in [0, 0.1) is 12.5 Å². The zero-order chi connectivity index (χ0) is 9.68. The van der Waals surface area contributed by atoms with E-state index in [9.17, 15) is 8.78 Å². The SMILES string of the molecule is [C-]#[N+]CC1CCCC(OC(F)F)C1. The van der Waals surface area contributed by atoms with Gasteiger partial charge in [0.1, 0.15) is 0 Å². The van der Waals surface area contributed by atoms with E-state index in [4.69, 9.17) is 6.57 Å². The summed E-state index contributed by atoms with van der Waals surface area (Å²) in [6, 6.07) is 0. The van der Waals surface area contributed by atoms with Gasteiger partial charge in [-0.05, 0) is 19.3 Å². The summed E-state index contributed by atoms with van der Waals surface area (Å²) in [6.07, 6.45) is 2.87. The second-order valence-corrected chi connectivity index (χ2v) is 3.39. The summed E-state index contributed by atoms with van der Waals surface area (Å²) in [5.41, 5.74) is 0. The molecule has 74 valence electrons. The van der Waals surface area contributed by atoms with Crippen LogP contribution in [0.25, 0.3) is 4.85 Å². The normalized spacial score (nSPS) is 28.8. The summed E-state index contributed by atoms with van der Waals surface area (Å²) in [6.45, 7) is 4.46. The maximum Gasteiger partial charge on any atom is 0.345 e. The van der Waals surface area contributed by atoms with E-state index in [1.165, 1.54) is 0 Å². The van der Waals surface area contributed by atoms with E-state index in [1.807, 2.05) is 0 Å². The fourth-order valence-electron chi connectivity index (χ4n) is 1.81. The van der Waals surface area contributed by atoms with Crippen molar-refractivity contribution in [2.45, 2.75) is 38.4 Å². The highest BCUT2D eigenvalue weighted by Gasteiger charge is 2.26. The minimum Gasteiger partial charge on any atom is -0.320 e. The standard InChI is InChI=1S/C9H13F2NO/c1-12-6-7-3-2-4-8(5-7)13-9(10)11/h7-9H,2-6H2. The topological polar surface area (TPSA) is 13.6 Å². The van der Waals surface area contributed by atoms with E-state index in [0.717, 1.165) is 12.8 Å². The first-order valence-corrected chi connectivity index (χ1v) is 4.49. The highest BCUT2D eigenvalue weighted by atomic mass is 19.3. The molecule has 0 spiro atoms. The number of hydrogen-bond acceptors (Lipinski definition) is 1. The van der Waals surface area contributed by atoms with Crippen molar-refractivity contribution in [1.82, 2.24) is 0 Å². The Morgan fingerprint density at radius 2 is 2.23 bits per heavy atom. The van der Waals surface area contributed by atoms with E-state index >= 15 is 0 Å². The average Bonchev–Trinajstić information content (AvgIpc) is 2.04. The molecule has 0 aromatic rings. The van der Waals surface area contributed by atoms with Gasteiger partial charge in [-0.25, -0.2) is 6.57 Å². The number of ether oxygens (including phenoxy) is 1. The van der Waals surface area contributed by atoms with Gasteiger partial charge in [0.05, 0.1) is 6.10 Å². The summed E-state index contributed by atoms with van der Waals surface area (Å²) >= 11 is 0. The first-order valence-electron chi connectivity index (χ1n) is 4.49. The third-order valence-corrected chi connectivity index (χ3v) is 2.38. The van der Waals surface area contributed by atoms with Crippen molar-refractivity contribution in [3.8, 4) is 0 Å². The molecule has 0 aromatic carbocycles. The van der Waals surface area contributed by atoms with Gasteiger partial charge in [0.2, 0.25) is 6.54 Å². The molecule has 1 aliphatic carbocycles. The van der Waals surface area contributed by atoms with Gasteiger partial charge in [-0.15, -0.1) is 0 Å². The fourth-order valence-corrected chi connectivity index (χ4v) is 1.81. The fraction of sp³-hybridized carbons (Fsp3) is 0.889. The molecule has 0 N–H and O–H groups in total. The third kappa shape index (κ3) is 3.69. The van der Waals surface area contributed by atoms with Crippen molar-refractivity contribution in [1.29, 1.82) is 0 Å². The maximum atomic E-state index is 11.8. The van der Waals surface area contributed by atoms with E-state index < -0.39 is 6.61 Å². The van der Waals surface area contributed by atoms with Crippen LogP contribution in [0.5, 0.6) is 0 Å². The molecule has 2 nitrogen and oxygen atoms in total. The molecule has 0 bridgehead atoms. The van der Waals surface area contributed by atoms with Crippen molar-refractivity contribution in [2.75, 3.05) is 6.54 Å². The summed E-state index contributed by atoms with van der Waals surface area (Å²) in [5.74, 6) is 0.259. The molecular formula is C9H13F2NO. The van der Waals surface area contributed by atoms with Crippen molar-refractivity contribution in [3.63, 3.8) is 0 Å². The van der Waals surface area contributed by atoms with Gasteiger partial charge in [0.15, 0.2) is 0 Å². The van der Waals surface area contributed by atoms with Crippen LogP contribution in [-0.2, 0) is 4.74 Å². The second-order valence-electron chi connectivity index (χ2n) is 3.39. The predicted octanol–water partition coefficient (Wildman–Crippen LogP) is 2.70. The zero-order valence-corrected chi connectivity index (χ0v) is 7.38. The Balaban J connectivity index is 2.29. The van der Waals surface area contributed by atoms with Crippen LogP contribution in [0.4, 0.5) is 8.78 Å². The summed E-state index contributed by atoms with van der Waals surface area (Å²) in [5, 5.41) is 0. The van der Waals surface area contributed by atoms with Gasteiger partial charge in [0, 0.05) is 5.92 Å². The second kappa shape index (κ2) is 5.13.